The minimum absolute atomic E-state index is 0.0510. The summed E-state index contributed by atoms with van der Waals surface area (Å²) in [4.78, 5) is 0. The number of ether oxygens (including phenoxy) is 3. The quantitative estimate of drug-likeness (QED) is 0.831. The monoisotopic (exact) mass is 308 g/mol. The van der Waals surface area contributed by atoms with Gasteiger partial charge < -0.3 is 19.3 Å². The predicted molar refractivity (Wildman–Crippen MR) is 81.0 cm³/mol. The van der Waals surface area contributed by atoms with Crippen LogP contribution in [0.2, 0.25) is 5.02 Å². The fraction of sp³-hybridized carbons (Fsp3) is 0.250. The maximum atomic E-state index is 10.6. The molecule has 0 heterocycles. The summed E-state index contributed by atoms with van der Waals surface area (Å²) in [7, 11) is 3.08. The molecule has 0 fully saturated rings. The van der Waals surface area contributed by atoms with Gasteiger partial charge in [0.05, 0.1) is 12.1 Å². The third-order valence-corrected chi connectivity index (χ3v) is 3.34. The van der Waals surface area contributed by atoms with Crippen molar-refractivity contribution in [1.29, 1.82) is 0 Å². The summed E-state index contributed by atoms with van der Waals surface area (Å²) in [6.07, 6.45) is -0.910. The van der Waals surface area contributed by atoms with Gasteiger partial charge in [-0.2, -0.15) is 0 Å². The Bertz CT molecular complexity index is 601. The van der Waals surface area contributed by atoms with Crippen LogP contribution in [-0.2, 0) is 4.74 Å². The molecule has 0 spiro atoms. The highest BCUT2D eigenvalue weighted by atomic mass is 35.5. The topological polar surface area (TPSA) is 47.9 Å². The molecule has 2 rings (SSSR count). The van der Waals surface area contributed by atoms with E-state index in [0.29, 0.717) is 27.6 Å². The van der Waals surface area contributed by atoms with Crippen LogP contribution in [0, 0.1) is 0 Å². The van der Waals surface area contributed by atoms with E-state index in [1.165, 1.54) is 7.11 Å². The van der Waals surface area contributed by atoms with Crippen LogP contribution in [0.25, 0.3) is 0 Å². The summed E-state index contributed by atoms with van der Waals surface area (Å²) in [5.41, 5.74) is 1.20. The standard InChI is InChI=1S/C16H17ClO4/c1-19-10-21-16-12(7-5-8-13(16)17)15(18)11-6-3-4-9-14(11)20-2/h3-9,15,18H,10H2,1-2H3. The van der Waals surface area contributed by atoms with Gasteiger partial charge in [-0.05, 0) is 12.1 Å². The number of hydrogen-bond acceptors (Lipinski definition) is 4. The molecule has 4 nitrogen and oxygen atoms in total. The van der Waals surface area contributed by atoms with Crippen molar-refractivity contribution in [2.75, 3.05) is 21.0 Å². The number of methoxy groups -OCH3 is 2. The van der Waals surface area contributed by atoms with Crippen LogP contribution in [0.1, 0.15) is 17.2 Å². The van der Waals surface area contributed by atoms with Gasteiger partial charge >= 0.3 is 0 Å². The summed E-state index contributed by atoms with van der Waals surface area (Å²) in [5, 5.41) is 11.1. The van der Waals surface area contributed by atoms with Crippen molar-refractivity contribution in [3.05, 3.63) is 58.6 Å². The van der Waals surface area contributed by atoms with Crippen LogP contribution >= 0.6 is 11.6 Å². The van der Waals surface area contributed by atoms with E-state index in [4.69, 9.17) is 25.8 Å². The van der Waals surface area contributed by atoms with Crippen molar-refractivity contribution in [1.82, 2.24) is 0 Å². The molecular formula is C16H17ClO4. The Balaban J connectivity index is 2.43. The summed E-state index contributed by atoms with van der Waals surface area (Å²) in [6.45, 7) is 0.0510. The number of aliphatic hydroxyl groups excluding tert-OH is 1. The van der Waals surface area contributed by atoms with Crippen molar-refractivity contribution in [2.24, 2.45) is 0 Å². The molecule has 1 atom stereocenters. The first-order valence-corrected chi connectivity index (χ1v) is 6.78. The smallest absolute Gasteiger partial charge is 0.188 e. The second-order valence-electron chi connectivity index (χ2n) is 4.35. The molecular weight excluding hydrogens is 292 g/mol. The summed E-state index contributed by atoms with van der Waals surface area (Å²) >= 11 is 6.15. The van der Waals surface area contributed by atoms with Crippen molar-refractivity contribution in [3.8, 4) is 11.5 Å². The van der Waals surface area contributed by atoms with Crippen LogP contribution in [0.4, 0.5) is 0 Å². The minimum Gasteiger partial charge on any atom is -0.496 e. The van der Waals surface area contributed by atoms with E-state index in [0.717, 1.165) is 0 Å². The van der Waals surface area contributed by atoms with E-state index in [9.17, 15) is 5.11 Å². The van der Waals surface area contributed by atoms with E-state index in [-0.39, 0.29) is 6.79 Å². The maximum Gasteiger partial charge on any atom is 0.188 e. The summed E-state index contributed by atoms with van der Waals surface area (Å²) in [6, 6.07) is 12.5. The molecule has 1 unspecified atom stereocenters. The predicted octanol–water partition coefficient (Wildman–Crippen LogP) is 3.41. The first kappa shape index (κ1) is 15.6. The highest BCUT2D eigenvalue weighted by Crippen LogP contribution is 2.38. The fourth-order valence-corrected chi connectivity index (χ4v) is 2.31. The van der Waals surface area contributed by atoms with Crippen LogP contribution in [0.15, 0.2) is 42.5 Å². The normalized spacial score (nSPS) is 12.0. The first-order chi connectivity index (χ1) is 10.2. The lowest BCUT2D eigenvalue weighted by molar-refractivity contribution is 0.0488. The molecule has 2 aromatic rings. The molecule has 0 saturated heterocycles. The Morgan fingerprint density at radius 2 is 1.76 bits per heavy atom. The number of hydrogen-bond donors (Lipinski definition) is 1. The van der Waals surface area contributed by atoms with Crippen molar-refractivity contribution < 1.29 is 19.3 Å². The Morgan fingerprint density at radius 3 is 2.48 bits per heavy atom. The van der Waals surface area contributed by atoms with Gasteiger partial charge in [-0.1, -0.05) is 41.9 Å². The van der Waals surface area contributed by atoms with Gasteiger partial charge in [-0.25, -0.2) is 0 Å². The molecule has 0 aliphatic heterocycles. The highest BCUT2D eigenvalue weighted by molar-refractivity contribution is 6.32. The maximum absolute atomic E-state index is 10.6. The van der Waals surface area contributed by atoms with Gasteiger partial charge in [0.25, 0.3) is 0 Å². The molecule has 5 heteroatoms. The zero-order chi connectivity index (χ0) is 15.2. The number of aliphatic hydroxyl groups is 1. The van der Waals surface area contributed by atoms with E-state index in [1.54, 1.807) is 37.4 Å². The third-order valence-electron chi connectivity index (χ3n) is 3.05. The molecule has 0 amide bonds. The zero-order valence-corrected chi connectivity index (χ0v) is 12.6. The SMILES string of the molecule is COCOc1c(Cl)cccc1C(O)c1ccccc1OC. The van der Waals surface area contributed by atoms with Crippen molar-refractivity contribution >= 4 is 11.6 Å². The average Bonchev–Trinajstić information content (AvgIpc) is 2.52. The van der Waals surface area contributed by atoms with Crippen LogP contribution < -0.4 is 9.47 Å². The van der Waals surface area contributed by atoms with Gasteiger partial charge in [-0.15, -0.1) is 0 Å². The number of benzene rings is 2. The van der Waals surface area contributed by atoms with Crippen molar-refractivity contribution in [3.63, 3.8) is 0 Å². The third kappa shape index (κ3) is 3.47. The number of rotatable bonds is 6. The molecule has 0 bridgehead atoms. The summed E-state index contributed by atoms with van der Waals surface area (Å²) < 4.78 is 15.7. The van der Waals surface area contributed by atoms with E-state index in [1.807, 2.05) is 12.1 Å². The lowest BCUT2D eigenvalue weighted by Gasteiger charge is -2.19. The lowest BCUT2D eigenvalue weighted by atomic mass is 10.00. The molecule has 112 valence electrons. The number of halogens is 1. The second kappa shape index (κ2) is 7.31. The molecule has 0 radical (unpaired) electrons. The Morgan fingerprint density at radius 1 is 1.05 bits per heavy atom. The van der Waals surface area contributed by atoms with Crippen LogP contribution in [0.5, 0.6) is 11.5 Å². The average molecular weight is 309 g/mol. The van der Waals surface area contributed by atoms with Crippen molar-refractivity contribution in [2.45, 2.75) is 6.10 Å². The molecule has 1 N–H and O–H groups in total. The van der Waals surface area contributed by atoms with Gasteiger partial charge in [-0.3, -0.25) is 0 Å². The van der Waals surface area contributed by atoms with Gasteiger partial charge in [0, 0.05) is 18.2 Å². The largest absolute Gasteiger partial charge is 0.496 e. The molecule has 2 aromatic carbocycles. The first-order valence-electron chi connectivity index (χ1n) is 6.40. The highest BCUT2D eigenvalue weighted by Gasteiger charge is 2.20. The Labute approximate surface area is 128 Å². The van der Waals surface area contributed by atoms with Gasteiger partial charge in [0.1, 0.15) is 17.6 Å². The van der Waals surface area contributed by atoms with E-state index in [2.05, 4.69) is 0 Å². The fourth-order valence-electron chi connectivity index (χ4n) is 2.07. The number of para-hydroxylation sites is 2. The molecule has 0 aliphatic rings. The second-order valence-corrected chi connectivity index (χ2v) is 4.76. The van der Waals surface area contributed by atoms with E-state index >= 15 is 0 Å². The summed E-state index contributed by atoms with van der Waals surface area (Å²) in [5.74, 6) is 1.00. The van der Waals surface area contributed by atoms with Gasteiger partial charge in [0.15, 0.2) is 6.79 Å². The van der Waals surface area contributed by atoms with Crippen LogP contribution in [0.3, 0.4) is 0 Å². The minimum atomic E-state index is -0.910. The Hall–Kier alpha value is -1.75. The molecule has 21 heavy (non-hydrogen) atoms. The molecule has 0 aliphatic carbocycles. The Kier molecular flexibility index (Phi) is 5.44. The molecule has 0 saturated carbocycles. The van der Waals surface area contributed by atoms with E-state index < -0.39 is 6.10 Å². The molecule has 0 aromatic heterocycles. The lowest BCUT2D eigenvalue weighted by Crippen LogP contribution is -2.07. The van der Waals surface area contributed by atoms with Gasteiger partial charge in [0.2, 0.25) is 0 Å². The zero-order valence-electron chi connectivity index (χ0n) is 11.9. The van der Waals surface area contributed by atoms with Crippen LogP contribution in [-0.4, -0.2) is 26.1 Å².